The fourth-order valence-corrected chi connectivity index (χ4v) is 4.90. The molecule has 30 heavy (non-hydrogen) atoms. The van der Waals surface area contributed by atoms with Crippen LogP contribution < -0.4 is 19.9 Å². The van der Waals surface area contributed by atoms with Gasteiger partial charge in [-0.2, -0.15) is 0 Å². The third-order valence-electron chi connectivity index (χ3n) is 4.81. The van der Waals surface area contributed by atoms with E-state index in [0.29, 0.717) is 17.3 Å². The van der Waals surface area contributed by atoms with Crippen LogP contribution in [0.4, 0.5) is 0 Å². The highest BCUT2D eigenvalue weighted by Gasteiger charge is 2.30. The molecule has 0 spiro atoms. The number of nitrogens with zero attached hydrogens (tertiary/aromatic N) is 3. The molecule has 2 heterocycles. The summed E-state index contributed by atoms with van der Waals surface area (Å²) in [6.07, 6.45) is 1.91. The summed E-state index contributed by atoms with van der Waals surface area (Å²) in [6, 6.07) is 8.37. The van der Waals surface area contributed by atoms with Crippen LogP contribution in [0.15, 0.2) is 45.4 Å². The maximum absolute atomic E-state index is 12.8. The number of hydrogen-bond acceptors (Lipinski definition) is 7. The molecule has 0 bridgehead atoms. The van der Waals surface area contributed by atoms with Crippen LogP contribution in [-0.2, 0) is 16.6 Å². The SMILES string of the molecule is COc1ccc(S(=O)(=O)NCCn2nc(-c3cccs3)n(C3CC3)c2=O)cc1OC. The molecule has 1 fully saturated rings. The Balaban J connectivity index is 1.50. The molecular weight excluding hydrogens is 428 g/mol. The van der Waals surface area contributed by atoms with Gasteiger partial charge < -0.3 is 9.47 Å². The number of aromatic nitrogens is 3. The fraction of sp³-hybridized carbons (Fsp3) is 0.368. The molecule has 2 aromatic heterocycles. The molecule has 0 aliphatic heterocycles. The number of hydrogen-bond donors (Lipinski definition) is 1. The summed E-state index contributed by atoms with van der Waals surface area (Å²) in [6.45, 7) is 0.158. The lowest BCUT2D eigenvalue weighted by atomic mass is 10.3. The summed E-state index contributed by atoms with van der Waals surface area (Å²) in [4.78, 5) is 13.8. The van der Waals surface area contributed by atoms with Crippen LogP contribution in [0, 0.1) is 0 Å². The van der Waals surface area contributed by atoms with Crippen molar-refractivity contribution >= 4 is 21.4 Å². The van der Waals surface area contributed by atoms with Crippen LogP contribution in [0.1, 0.15) is 18.9 Å². The van der Waals surface area contributed by atoms with Gasteiger partial charge in [0.2, 0.25) is 10.0 Å². The van der Waals surface area contributed by atoms with Gasteiger partial charge >= 0.3 is 5.69 Å². The van der Waals surface area contributed by atoms with Gasteiger partial charge in [0.1, 0.15) is 0 Å². The van der Waals surface area contributed by atoms with Crippen molar-refractivity contribution in [2.45, 2.75) is 30.3 Å². The van der Waals surface area contributed by atoms with Gasteiger partial charge in [0, 0.05) is 18.7 Å². The first-order chi connectivity index (χ1) is 14.4. The largest absolute Gasteiger partial charge is 0.493 e. The van der Waals surface area contributed by atoms with Gasteiger partial charge in [0.25, 0.3) is 0 Å². The summed E-state index contributed by atoms with van der Waals surface area (Å²) in [5.74, 6) is 1.40. The van der Waals surface area contributed by atoms with E-state index in [1.807, 2.05) is 17.5 Å². The molecule has 11 heteroatoms. The first-order valence-corrected chi connectivity index (χ1v) is 11.8. The number of benzene rings is 1. The Morgan fingerprint density at radius 3 is 2.60 bits per heavy atom. The number of sulfonamides is 1. The normalized spacial score (nSPS) is 14.1. The lowest BCUT2D eigenvalue weighted by Gasteiger charge is -2.11. The number of nitrogens with one attached hydrogen (secondary N) is 1. The van der Waals surface area contributed by atoms with Gasteiger partial charge in [-0.15, -0.1) is 16.4 Å². The highest BCUT2D eigenvalue weighted by atomic mass is 32.2. The minimum Gasteiger partial charge on any atom is -0.493 e. The summed E-state index contributed by atoms with van der Waals surface area (Å²) >= 11 is 1.52. The average Bonchev–Trinajstić information content (AvgIpc) is 3.31. The zero-order valence-electron chi connectivity index (χ0n) is 16.6. The van der Waals surface area contributed by atoms with Crippen LogP contribution in [0.2, 0.25) is 0 Å². The third-order valence-corrected chi connectivity index (χ3v) is 7.13. The first-order valence-electron chi connectivity index (χ1n) is 9.39. The molecule has 4 rings (SSSR count). The Labute approximate surface area is 177 Å². The molecule has 0 atom stereocenters. The van der Waals surface area contributed by atoms with Crippen molar-refractivity contribution in [1.82, 2.24) is 19.1 Å². The predicted octanol–water partition coefficient (Wildman–Crippen LogP) is 2.10. The number of thiophene rings is 1. The number of methoxy groups -OCH3 is 2. The minimum atomic E-state index is -3.78. The summed E-state index contributed by atoms with van der Waals surface area (Å²) in [7, 11) is -0.865. The topological polar surface area (TPSA) is 104 Å². The average molecular weight is 451 g/mol. The van der Waals surface area contributed by atoms with Gasteiger partial charge in [-0.1, -0.05) is 6.07 Å². The molecule has 160 valence electrons. The maximum atomic E-state index is 12.8. The summed E-state index contributed by atoms with van der Waals surface area (Å²) in [5, 5.41) is 6.40. The van der Waals surface area contributed by atoms with Gasteiger partial charge in [0.05, 0.1) is 30.5 Å². The van der Waals surface area contributed by atoms with E-state index < -0.39 is 10.0 Å². The molecule has 0 radical (unpaired) electrons. The maximum Gasteiger partial charge on any atom is 0.346 e. The van der Waals surface area contributed by atoms with Gasteiger partial charge in [0.15, 0.2) is 17.3 Å². The zero-order chi connectivity index (χ0) is 21.3. The monoisotopic (exact) mass is 450 g/mol. The molecule has 1 aliphatic rings. The minimum absolute atomic E-state index is 0.0299. The van der Waals surface area contributed by atoms with E-state index in [2.05, 4.69) is 9.82 Å². The molecule has 0 saturated heterocycles. The van der Waals surface area contributed by atoms with E-state index in [1.54, 1.807) is 4.57 Å². The highest BCUT2D eigenvalue weighted by molar-refractivity contribution is 7.89. The molecule has 3 aromatic rings. The second-order valence-corrected chi connectivity index (χ2v) is 9.54. The first kappa shape index (κ1) is 20.6. The Hall–Kier alpha value is -2.63. The Morgan fingerprint density at radius 1 is 1.20 bits per heavy atom. The molecule has 1 aliphatic carbocycles. The van der Waals surface area contributed by atoms with Gasteiger partial charge in [-0.05, 0) is 36.4 Å². The van der Waals surface area contributed by atoms with Crippen molar-refractivity contribution < 1.29 is 17.9 Å². The molecule has 1 saturated carbocycles. The second-order valence-electron chi connectivity index (χ2n) is 6.82. The fourth-order valence-electron chi connectivity index (χ4n) is 3.15. The van der Waals surface area contributed by atoms with Crippen molar-refractivity contribution in [2.75, 3.05) is 20.8 Å². The Morgan fingerprint density at radius 2 is 1.97 bits per heavy atom. The molecule has 9 nitrogen and oxygen atoms in total. The second kappa shape index (κ2) is 8.25. The van der Waals surface area contributed by atoms with E-state index in [1.165, 1.54) is 48.4 Å². The van der Waals surface area contributed by atoms with E-state index in [0.717, 1.165) is 17.7 Å². The lowest BCUT2D eigenvalue weighted by Crippen LogP contribution is -2.32. The smallest absolute Gasteiger partial charge is 0.346 e. The molecule has 0 unspecified atom stereocenters. The van der Waals surface area contributed by atoms with Crippen molar-refractivity contribution in [3.63, 3.8) is 0 Å². The quantitative estimate of drug-likeness (QED) is 0.535. The van der Waals surface area contributed by atoms with Crippen LogP contribution in [0.25, 0.3) is 10.7 Å². The van der Waals surface area contributed by atoms with Crippen LogP contribution in [-0.4, -0.2) is 43.5 Å². The van der Waals surface area contributed by atoms with Crippen LogP contribution in [0.5, 0.6) is 11.5 Å². The summed E-state index contributed by atoms with van der Waals surface area (Å²) < 4.78 is 41.1. The van der Waals surface area contributed by atoms with E-state index in [-0.39, 0.29) is 29.7 Å². The van der Waals surface area contributed by atoms with E-state index >= 15 is 0 Å². The van der Waals surface area contributed by atoms with Crippen LogP contribution in [0.3, 0.4) is 0 Å². The standard InChI is InChI=1S/C19H22N4O5S2/c1-27-15-8-7-14(12-16(15)28-2)30(25,26)20-9-10-22-19(24)23(13-5-6-13)18(21-22)17-4-3-11-29-17/h3-4,7-8,11-13,20H,5-6,9-10H2,1-2H3. The van der Waals surface area contributed by atoms with E-state index in [9.17, 15) is 13.2 Å². The van der Waals surface area contributed by atoms with Crippen molar-refractivity contribution in [2.24, 2.45) is 0 Å². The number of rotatable bonds is 9. The Bertz CT molecular complexity index is 1190. The van der Waals surface area contributed by atoms with Gasteiger partial charge in [-0.3, -0.25) is 4.57 Å². The van der Waals surface area contributed by atoms with Crippen molar-refractivity contribution in [3.05, 3.63) is 46.2 Å². The van der Waals surface area contributed by atoms with Gasteiger partial charge in [-0.25, -0.2) is 22.6 Å². The molecular formula is C19H22N4O5S2. The van der Waals surface area contributed by atoms with E-state index in [4.69, 9.17) is 9.47 Å². The van der Waals surface area contributed by atoms with Crippen molar-refractivity contribution in [1.29, 1.82) is 0 Å². The molecule has 1 aromatic carbocycles. The zero-order valence-corrected chi connectivity index (χ0v) is 18.2. The molecule has 1 N–H and O–H groups in total. The number of ether oxygens (including phenoxy) is 2. The third kappa shape index (κ3) is 4.00. The summed E-state index contributed by atoms with van der Waals surface area (Å²) in [5.41, 5.74) is -0.216. The lowest BCUT2D eigenvalue weighted by molar-refractivity contribution is 0.354. The predicted molar refractivity (Wildman–Crippen MR) is 113 cm³/mol. The van der Waals surface area contributed by atoms with Crippen LogP contribution >= 0.6 is 11.3 Å². The molecule has 0 amide bonds. The van der Waals surface area contributed by atoms with Crippen molar-refractivity contribution in [3.8, 4) is 22.2 Å². The Kier molecular flexibility index (Phi) is 5.67. The highest BCUT2D eigenvalue weighted by Crippen LogP contribution is 2.37.